The van der Waals surface area contributed by atoms with Crippen molar-refractivity contribution in [2.45, 2.75) is 54.4 Å². The SMILES string of the molecule is C.CC.CC.CC1(C)c2ccccc2-c2cc(-c3ccc4ccccc4c3)ccc21. The second-order valence-corrected chi connectivity index (χ2v) is 7.49. The largest absolute Gasteiger partial charge is 0.0776 e. The topological polar surface area (TPSA) is 0 Å². The van der Waals surface area contributed by atoms with Crippen LogP contribution >= 0.6 is 0 Å². The summed E-state index contributed by atoms with van der Waals surface area (Å²) in [4.78, 5) is 0. The van der Waals surface area contributed by atoms with Crippen molar-refractivity contribution in [1.82, 2.24) is 0 Å². The summed E-state index contributed by atoms with van der Waals surface area (Å²) in [7, 11) is 0. The number of rotatable bonds is 1. The van der Waals surface area contributed by atoms with E-state index in [0.29, 0.717) is 0 Å². The van der Waals surface area contributed by atoms with Crippen LogP contribution in [0.4, 0.5) is 0 Å². The zero-order valence-electron chi connectivity index (χ0n) is 18.6. The van der Waals surface area contributed by atoms with Gasteiger partial charge in [-0.25, -0.2) is 0 Å². The highest BCUT2D eigenvalue weighted by Gasteiger charge is 2.34. The summed E-state index contributed by atoms with van der Waals surface area (Å²) in [6, 6.07) is 31.1. The minimum Gasteiger partial charge on any atom is -0.0776 e. The van der Waals surface area contributed by atoms with Gasteiger partial charge in [0.05, 0.1) is 0 Å². The van der Waals surface area contributed by atoms with Crippen LogP contribution in [0.1, 0.15) is 60.1 Å². The minimum atomic E-state index is 0. The van der Waals surface area contributed by atoms with E-state index in [-0.39, 0.29) is 12.8 Å². The maximum atomic E-state index is 2.37. The van der Waals surface area contributed by atoms with Crippen molar-refractivity contribution in [3.8, 4) is 22.3 Å². The molecule has 0 fully saturated rings. The molecule has 0 unspecified atom stereocenters. The first-order chi connectivity index (χ1) is 14.1. The zero-order valence-corrected chi connectivity index (χ0v) is 18.6. The molecule has 4 aromatic rings. The average molecular weight is 397 g/mol. The molecule has 1 aliphatic rings. The summed E-state index contributed by atoms with van der Waals surface area (Å²) in [5, 5.41) is 2.58. The summed E-state index contributed by atoms with van der Waals surface area (Å²) in [5.74, 6) is 0. The van der Waals surface area contributed by atoms with E-state index in [4.69, 9.17) is 0 Å². The van der Waals surface area contributed by atoms with Gasteiger partial charge in [-0.1, -0.05) is 122 Å². The molecule has 156 valence electrons. The smallest absolute Gasteiger partial charge is 0.0158 e. The Hall–Kier alpha value is -2.86. The van der Waals surface area contributed by atoms with Gasteiger partial charge >= 0.3 is 0 Å². The molecule has 0 heteroatoms. The summed E-state index contributed by atoms with van der Waals surface area (Å²) in [5.41, 5.74) is 8.27. The Balaban J connectivity index is 0.000000607. The summed E-state index contributed by atoms with van der Waals surface area (Å²) >= 11 is 0. The van der Waals surface area contributed by atoms with E-state index in [9.17, 15) is 0 Å². The van der Waals surface area contributed by atoms with Gasteiger partial charge in [0.2, 0.25) is 0 Å². The molecular weight excluding hydrogens is 360 g/mol. The van der Waals surface area contributed by atoms with E-state index < -0.39 is 0 Å². The van der Waals surface area contributed by atoms with Crippen molar-refractivity contribution in [2.24, 2.45) is 0 Å². The Morgan fingerprint density at radius 2 is 1.03 bits per heavy atom. The third-order valence-electron chi connectivity index (χ3n) is 5.67. The van der Waals surface area contributed by atoms with Crippen molar-refractivity contribution < 1.29 is 0 Å². The monoisotopic (exact) mass is 396 g/mol. The third kappa shape index (κ3) is 3.92. The van der Waals surface area contributed by atoms with Crippen LogP contribution in [0.3, 0.4) is 0 Å². The molecule has 0 saturated heterocycles. The van der Waals surface area contributed by atoms with Gasteiger partial charge in [0.15, 0.2) is 0 Å². The highest BCUT2D eigenvalue weighted by molar-refractivity contribution is 5.89. The van der Waals surface area contributed by atoms with Crippen LogP contribution < -0.4 is 0 Å². The van der Waals surface area contributed by atoms with Crippen LogP contribution in [0.5, 0.6) is 0 Å². The van der Waals surface area contributed by atoms with Gasteiger partial charge in [-0.3, -0.25) is 0 Å². The molecule has 0 aromatic heterocycles. The predicted octanol–water partition coefficient (Wildman–Crippen LogP) is 9.50. The van der Waals surface area contributed by atoms with E-state index in [1.165, 1.54) is 44.2 Å². The highest BCUT2D eigenvalue weighted by Crippen LogP contribution is 2.49. The fourth-order valence-electron chi connectivity index (χ4n) is 4.27. The molecule has 0 nitrogen and oxygen atoms in total. The molecule has 0 atom stereocenters. The Bertz CT molecular complexity index is 1120. The molecule has 0 radical (unpaired) electrons. The second-order valence-electron chi connectivity index (χ2n) is 7.49. The van der Waals surface area contributed by atoms with E-state index in [0.717, 1.165) is 0 Å². The molecule has 0 amide bonds. The first-order valence-electron chi connectivity index (χ1n) is 10.9. The fourth-order valence-corrected chi connectivity index (χ4v) is 4.27. The Morgan fingerprint density at radius 3 is 1.77 bits per heavy atom. The predicted molar refractivity (Wildman–Crippen MR) is 136 cm³/mol. The maximum absolute atomic E-state index is 2.37. The molecule has 4 aromatic carbocycles. The number of benzene rings is 4. The van der Waals surface area contributed by atoms with E-state index in [1.54, 1.807) is 0 Å². The standard InChI is InChI=1S/C25H20.2C2H6.CH4/c1-25(2)23-10-6-5-9-21(23)22-16-20(13-14-24(22)25)19-12-11-17-7-3-4-8-18(17)15-19;2*1-2;/h3-16H,1-2H3;2*1-2H3;1H4. The molecule has 0 saturated carbocycles. The van der Waals surface area contributed by atoms with Crippen LogP contribution in [0.2, 0.25) is 0 Å². The van der Waals surface area contributed by atoms with Crippen molar-refractivity contribution >= 4 is 10.8 Å². The lowest BCUT2D eigenvalue weighted by atomic mass is 9.82. The van der Waals surface area contributed by atoms with Crippen LogP contribution in [0.15, 0.2) is 84.9 Å². The quantitative estimate of drug-likeness (QED) is 0.300. The van der Waals surface area contributed by atoms with E-state index in [2.05, 4.69) is 98.8 Å². The van der Waals surface area contributed by atoms with Gasteiger partial charge in [-0.05, 0) is 56.3 Å². The van der Waals surface area contributed by atoms with Crippen molar-refractivity contribution in [3.63, 3.8) is 0 Å². The lowest BCUT2D eigenvalue weighted by molar-refractivity contribution is 0.660. The molecule has 30 heavy (non-hydrogen) atoms. The molecule has 0 N–H and O–H groups in total. The number of hydrogen-bond donors (Lipinski definition) is 0. The first-order valence-corrected chi connectivity index (χ1v) is 10.9. The Morgan fingerprint density at radius 1 is 0.500 bits per heavy atom. The molecule has 0 bridgehead atoms. The van der Waals surface area contributed by atoms with E-state index in [1.807, 2.05) is 27.7 Å². The lowest BCUT2D eigenvalue weighted by Crippen LogP contribution is -2.14. The first kappa shape index (κ1) is 23.4. The summed E-state index contributed by atoms with van der Waals surface area (Å²) in [6.45, 7) is 12.7. The Kier molecular flexibility index (Phi) is 7.62. The minimum absolute atomic E-state index is 0. The Labute approximate surface area is 183 Å². The molecule has 0 spiro atoms. The normalized spacial score (nSPS) is 12.3. The van der Waals surface area contributed by atoms with Crippen LogP contribution in [-0.2, 0) is 5.41 Å². The molecule has 0 heterocycles. The fraction of sp³-hybridized carbons (Fsp3) is 0.267. The van der Waals surface area contributed by atoms with Gasteiger partial charge < -0.3 is 0 Å². The van der Waals surface area contributed by atoms with Crippen LogP contribution in [0, 0.1) is 0 Å². The second kappa shape index (κ2) is 9.76. The lowest BCUT2D eigenvalue weighted by Gasteiger charge is -2.21. The molecule has 5 rings (SSSR count). The van der Waals surface area contributed by atoms with Gasteiger partial charge in [0, 0.05) is 5.41 Å². The summed E-state index contributed by atoms with van der Waals surface area (Å²) in [6.07, 6.45) is 0. The van der Waals surface area contributed by atoms with Gasteiger partial charge in [-0.2, -0.15) is 0 Å². The average Bonchev–Trinajstić information content (AvgIpc) is 3.03. The molecule has 1 aliphatic carbocycles. The van der Waals surface area contributed by atoms with Crippen molar-refractivity contribution in [1.29, 1.82) is 0 Å². The van der Waals surface area contributed by atoms with Gasteiger partial charge in [0.25, 0.3) is 0 Å². The maximum Gasteiger partial charge on any atom is 0.0158 e. The van der Waals surface area contributed by atoms with Crippen LogP contribution in [0.25, 0.3) is 33.0 Å². The van der Waals surface area contributed by atoms with E-state index >= 15 is 0 Å². The highest BCUT2D eigenvalue weighted by atomic mass is 14.4. The van der Waals surface area contributed by atoms with Gasteiger partial charge in [0.1, 0.15) is 0 Å². The molecule has 0 aliphatic heterocycles. The van der Waals surface area contributed by atoms with Crippen molar-refractivity contribution in [3.05, 3.63) is 96.1 Å². The van der Waals surface area contributed by atoms with Gasteiger partial charge in [-0.15, -0.1) is 0 Å². The zero-order chi connectivity index (χ0) is 21.0. The van der Waals surface area contributed by atoms with Crippen molar-refractivity contribution in [2.75, 3.05) is 0 Å². The third-order valence-corrected chi connectivity index (χ3v) is 5.67. The number of fused-ring (bicyclic) bond motifs is 4. The summed E-state index contributed by atoms with van der Waals surface area (Å²) < 4.78 is 0. The molecular formula is C30H36. The van der Waals surface area contributed by atoms with Crippen LogP contribution in [-0.4, -0.2) is 0 Å². The number of hydrogen-bond acceptors (Lipinski definition) is 0.